The van der Waals surface area contributed by atoms with Crippen LogP contribution in [0.1, 0.15) is 47.2 Å². The van der Waals surface area contributed by atoms with E-state index in [0.717, 1.165) is 13.2 Å². The molecule has 3 rings (SSSR count). The number of fused-ring (bicyclic) bond motifs is 1. The van der Waals surface area contributed by atoms with Gasteiger partial charge in [0.2, 0.25) is 0 Å². The highest BCUT2D eigenvalue weighted by Gasteiger charge is 2.50. The number of aliphatic hydroxyl groups is 1. The maximum absolute atomic E-state index is 13.7. The van der Waals surface area contributed by atoms with Gasteiger partial charge in [-0.25, -0.2) is 4.79 Å². The highest BCUT2D eigenvalue weighted by atomic mass is 19.4. The molecule has 0 aliphatic carbocycles. The highest BCUT2D eigenvalue weighted by molar-refractivity contribution is 5.85. The minimum absolute atomic E-state index is 0.0966. The second-order valence-corrected chi connectivity index (χ2v) is 9.43. The first-order chi connectivity index (χ1) is 19.4. The van der Waals surface area contributed by atoms with Crippen molar-refractivity contribution in [3.8, 4) is 0 Å². The van der Waals surface area contributed by atoms with Crippen molar-refractivity contribution in [2.45, 2.75) is 44.5 Å². The molecule has 16 heteroatoms. The molecule has 0 saturated carbocycles. The Bertz CT molecular complexity index is 1280. The summed E-state index contributed by atoms with van der Waals surface area (Å²) in [5.74, 6) is 0. The largest absolute Gasteiger partial charge is 0.521 e. The van der Waals surface area contributed by atoms with Crippen molar-refractivity contribution in [1.29, 1.82) is 0 Å². The Hall–Kier alpha value is -3.53. The van der Waals surface area contributed by atoms with Gasteiger partial charge in [0.15, 0.2) is 0 Å². The molecule has 0 spiro atoms. The summed E-state index contributed by atoms with van der Waals surface area (Å²) in [6.07, 6.45) is -17.7. The molecule has 2 atom stereocenters. The minimum Gasteiger partial charge on any atom is -0.453 e. The number of alkyl halides is 9. The van der Waals surface area contributed by atoms with Crippen LogP contribution < -0.4 is 4.48 Å². The standard InChI is InChI=1S/C26H26F9N2O5/c1-3-42-23(40)37(8-9-38)7-6-20(19-13-16(24(27,28)29)4-5-21(19)37)36(22(39)41-2)14-15-10-17(25(30,31)32)12-18(11-15)26(33,34)35/h4-5,10-13,20,38H,3,6-9,14H2,1-2H3/q+1. The molecule has 2 amide bonds. The van der Waals surface area contributed by atoms with Crippen LogP contribution in [0.4, 0.5) is 54.8 Å². The molecule has 2 aromatic carbocycles. The number of hydrogen-bond acceptors (Lipinski definition) is 5. The summed E-state index contributed by atoms with van der Waals surface area (Å²) in [6.45, 7) is -0.725. The van der Waals surface area contributed by atoms with E-state index in [9.17, 15) is 54.2 Å². The Morgan fingerprint density at radius 3 is 1.98 bits per heavy atom. The molecule has 0 aromatic heterocycles. The van der Waals surface area contributed by atoms with Crippen molar-refractivity contribution in [2.24, 2.45) is 0 Å². The molecule has 0 fully saturated rings. The fourth-order valence-electron chi connectivity index (χ4n) is 4.99. The van der Waals surface area contributed by atoms with Gasteiger partial charge in [-0.15, -0.1) is 0 Å². The Balaban J connectivity index is 2.24. The van der Waals surface area contributed by atoms with E-state index in [1.165, 1.54) is 6.92 Å². The van der Waals surface area contributed by atoms with E-state index < -0.39 is 76.6 Å². The number of benzene rings is 2. The van der Waals surface area contributed by atoms with E-state index >= 15 is 0 Å². The van der Waals surface area contributed by atoms with Crippen molar-refractivity contribution >= 4 is 17.9 Å². The number of rotatable bonds is 6. The summed E-state index contributed by atoms with van der Waals surface area (Å²) < 4.78 is 131. The van der Waals surface area contributed by atoms with Gasteiger partial charge >= 0.3 is 30.7 Å². The number of halogens is 9. The molecule has 232 valence electrons. The molecule has 1 aliphatic heterocycles. The van der Waals surface area contributed by atoms with Crippen LogP contribution in [0, 0.1) is 0 Å². The number of aliphatic hydroxyl groups excluding tert-OH is 1. The van der Waals surface area contributed by atoms with Gasteiger partial charge in [0.1, 0.15) is 12.2 Å². The molecule has 0 saturated heterocycles. The molecule has 0 bridgehead atoms. The molecule has 0 radical (unpaired) electrons. The predicted octanol–water partition coefficient (Wildman–Crippen LogP) is 6.91. The lowest BCUT2D eigenvalue weighted by Gasteiger charge is -2.43. The van der Waals surface area contributed by atoms with Crippen LogP contribution in [-0.2, 0) is 34.5 Å². The molecule has 2 unspecified atom stereocenters. The van der Waals surface area contributed by atoms with Crippen LogP contribution in [0.5, 0.6) is 0 Å². The summed E-state index contributed by atoms with van der Waals surface area (Å²) >= 11 is 0. The topological polar surface area (TPSA) is 76.1 Å². The zero-order valence-corrected chi connectivity index (χ0v) is 22.2. The number of hydrogen-bond donors (Lipinski definition) is 1. The van der Waals surface area contributed by atoms with Crippen LogP contribution in [0.15, 0.2) is 36.4 Å². The van der Waals surface area contributed by atoms with E-state index in [1.807, 2.05) is 0 Å². The van der Waals surface area contributed by atoms with Gasteiger partial charge in [0.25, 0.3) is 0 Å². The van der Waals surface area contributed by atoms with E-state index in [-0.39, 0.29) is 43.4 Å². The van der Waals surface area contributed by atoms with Gasteiger partial charge in [0, 0.05) is 24.6 Å². The zero-order valence-electron chi connectivity index (χ0n) is 22.2. The van der Waals surface area contributed by atoms with Gasteiger partial charge < -0.3 is 14.6 Å². The lowest BCUT2D eigenvalue weighted by atomic mass is 9.90. The highest BCUT2D eigenvalue weighted by Crippen LogP contribution is 2.46. The summed E-state index contributed by atoms with van der Waals surface area (Å²) in [7, 11) is 0.878. The summed E-state index contributed by atoms with van der Waals surface area (Å²) in [6, 6.07) is 1.59. The summed E-state index contributed by atoms with van der Waals surface area (Å²) in [5.41, 5.74) is -5.49. The first-order valence-corrected chi connectivity index (χ1v) is 12.4. The normalized spacial score (nSPS) is 19.2. The smallest absolute Gasteiger partial charge is 0.453 e. The summed E-state index contributed by atoms with van der Waals surface area (Å²) in [5, 5.41) is 9.72. The lowest BCUT2D eigenvalue weighted by molar-refractivity contribution is -0.143. The number of carbonyl (C=O) groups excluding carboxylic acids is 2. The number of carbonyl (C=O) groups is 2. The fourth-order valence-corrected chi connectivity index (χ4v) is 4.99. The number of methoxy groups -OCH3 is 1. The number of quaternary nitrogens is 1. The van der Waals surface area contributed by atoms with Gasteiger partial charge in [-0.1, -0.05) is 0 Å². The Labute approximate surface area is 233 Å². The van der Waals surface area contributed by atoms with E-state index in [4.69, 9.17) is 9.47 Å². The van der Waals surface area contributed by atoms with Gasteiger partial charge in [0.05, 0.1) is 49.6 Å². The SMILES string of the molecule is CCOC(=O)[N+]1(CCO)CCC(N(Cc2cc(C(F)(F)F)cc(C(F)(F)F)c2)C(=O)OC)c2cc(C(F)(F)F)ccc21. The van der Waals surface area contributed by atoms with Crippen molar-refractivity contribution in [1.82, 2.24) is 9.38 Å². The van der Waals surface area contributed by atoms with Crippen LogP contribution >= 0.6 is 0 Å². The van der Waals surface area contributed by atoms with Crippen molar-refractivity contribution in [3.05, 3.63) is 64.2 Å². The quantitative estimate of drug-likeness (QED) is 0.282. The Morgan fingerprint density at radius 1 is 0.929 bits per heavy atom. The first kappa shape index (κ1) is 33.0. The summed E-state index contributed by atoms with van der Waals surface area (Å²) in [4.78, 5) is 26.7. The molecule has 1 heterocycles. The van der Waals surface area contributed by atoms with E-state index in [2.05, 4.69) is 0 Å². The van der Waals surface area contributed by atoms with E-state index in [1.54, 1.807) is 0 Å². The van der Waals surface area contributed by atoms with Crippen molar-refractivity contribution < 1.29 is 63.7 Å². The predicted molar refractivity (Wildman–Crippen MR) is 129 cm³/mol. The van der Waals surface area contributed by atoms with Crippen LogP contribution in [0.25, 0.3) is 0 Å². The maximum atomic E-state index is 13.7. The molecule has 1 N–H and O–H groups in total. The first-order valence-electron chi connectivity index (χ1n) is 12.4. The van der Waals surface area contributed by atoms with E-state index in [0.29, 0.717) is 29.2 Å². The lowest BCUT2D eigenvalue weighted by Crippen LogP contribution is -2.60. The van der Waals surface area contributed by atoms with Crippen LogP contribution in [0.2, 0.25) is 0 Å². The molecular formula is C26H26F9N2O5+. The molecule has 7 nitrogen and oxygen atoms in total. The average molecular weight is 617 g/mol. The molecule has 2 aromatic rings. The number of amides is 2. The zero-order chi connectivity index (χ0) is 31.7. The third-order valence-electron chi connectivity index (χ3n) is 6.84. The van der Waals surface area contributed by atoms with Gasteiger partial charge in [-0.3, -0.25) is 4.90 Å². The molecular weight excluding hydrogens is 591 g/mol. The second-order valence-electron chi connectivity index (χ2n) is 9.43. The number of nitrogens with zero attached hydrogens (tertiary/aromatic N) is 2. The van der Waals surface area contributed by atoms with Crippen LogP contribution in [-0.4, -0.2) is 55.6 Å². The fraction of sp³-hybridized carbons (Fsp3) is 0.462. The van der Waals surface area contributed by atoms with Crippen LogP contribution in [0.3, 0.4) is 0 Å². The molecule has 42 heavy (non-hydrogen) atoms. The second kappa shape index (κ2) is 12.0. The van der Waals surface area contributed by atoms with Gasteiger partial charge in [-0.05, 0) is 42.8 Å². The van der Waals surface area contributed by atoms with Crippen molar-refractivity contribution in [3.63, 3.8) is 0 Å². The monoisotopic (exact) mass is 617 g/mol. The van der Waals surface area contributed by atoms with Gasteiger partial charge in [-0.2, -0.15) is 48.8 Å². The average Bonchev–Trinajstić information content (AvgIpc) is 2.90. The Kier molecular flexibility index (Phi) is 9.41. The minimum atomic E-state index is -5.19. The third kappa shape index (κ3) is 6.75. The number of ether oxygens (including phenoxy) is 2. The van der Waals surface area contributed by atoms with Crippen molar-refractivity contribution in [2.75, 3.05) is 33.4 Å². The maximum Gasteiger partial charge on any atom is 0.521 e. The third-order valence-corrected chi connectivity index (χ3v) is 6.84. The molecule has 1 aliphatic rings. The Morgan fingerprint density at radius 2 is 1.50 bits per heavy atom.